The van der Waals surface area contributed by atoms with Crippen LogP contribution in [0.3, 0.4) is 0 Å². The number of nitrogens with one attached hydrogen (secondary N) is 1. The number of furan rings is 1. The molecule has 1 amide bonds. The van der Waals surface area contributed by atoms with E-state index in [-0.39, 0.29) is 28.1 Å². The molecule has 0 saturated heterocycles. The molecule has 0 radical (unpaired) electrons. The zero-order valence-electron chi connectivity index (χ0n) is 15.3. The second kappa shape index (κ2) is 8.15. The molecule has 0 fully saturated rings. The van der Waals surface area contributed by atoms with Gasteiger partial charge in [0.1, 0.15) is 5.75 Å². The Morgan fingerprint density at radius 2 is 1.84 bits per heavy atom. The number of anilines is 1. The van der Waals surface area contributed by atoms with Gasteiger partial charge in [0.05, 0.1) is 11.8 Å². The van der Waals surface area contributed by atoms with E-state index in [4.69, 9.17) is 20.4 Å². The number of ether oxygens (including phenoxy) is 1. The summed E-state index contributed by atoms with van der Waals surface area (Å²) in [5.41, 5.74) is 0.368. The fraction of sp³-hybridized carbons (Fsp3) is 0.0500. The predicted octanol–water partition coefficient (Wildman–Crippen LogP) is 5.80. The Morgan fingerprint density at radius 3 is 2.58 bits per heavy atom. The number of aromatic nitrogens is 2. The van der Waals surface area contributed by atoms with Crippen LogP contribution in [0.15, 0.2) is 69.7 Å². The molecule has 4 rings (SSSR count). The Hall–Kier alpha value is -3.79. The van der Waals surface area contributed by atoms with Crippen molar-refractivity contribution in [3.8, 4) is 28.9 Å². The molecule has 0 unspecified atom stereocenters. The Balaban J connectivity index is 1.57. The van der Waals surface area contributed by atoms with E-state index in [2.05, 4.69) is 20.3 Å². The summed E-state index contributed by atoms with van der Waals surface area (Å²) in [6.45, 7) is 0. The molecule has 1 N–H and O–H groups in total. The van der Waals surface area contributed by atoms with Crippen LogP contribution in [0.4, 0.5) is 18.9 Å². The first-order chi connectivity index (χ1) is 14.8. The number of hydrogen-bond acceptors (Lipinski definition) is 6. The standard InChI is InChI=1S/C20H11ClF3N3O4/c21-12-6-7-15(31-20(22,23)24)14(10-12)17(28)25-13-4-1-3-11(9-13)18-26-27-19(30-18)16-5-2-8-29-16/h1-10H,(H,25,28). The molecule has 0 atom stereocenters. The van der Waals surface area contributed by atoms with E-state index in [1.54, 1.807) is 30.3 Å². The number of nitrogens with zero attached hydrogens (tertiary/aromatic N) is 2. The monoisotopic (exact) mass is 449 g/mol. The molecule has 4 aromatic rings. The average molecular weight is 450 g/mol. The molecular weight excluding hydrogens is 439 g/mol. The highest BCUT2D eigenvalue weighted by atomic mass is 35.5. The largest absolute Gasteiger partial charge is 0.573 e. The van der Waals surface area contributed by atoms with Gasteiger partial charge in [-0.1, -0.05) is 17.7 Å². The van der Waals surface area contributed by atoms with Crippen molar-refractivity contribution < 1.29 is 31.5 Å². The number of alkyl halides is 3. The van der Waals surface area contributed by atoms with Crippen LogP contribution in [-0.2, 0) is 0 Å². The molecule has 7 nitrogen and oxygen atoms in total. The molecule has 2 heterocycles. The summed E-state index contributed by atoms with van der Waals surface area (Å²) in [5.74, 6) is -0.804. The fourth-order valence-electron chi connectivity index (χ4n) is 2.66. The summed E-state index contributed by atoms with van der Waals surface area (Å²) >= 11 is 5.83. The highest BCUT2D eigenvalue weighted by Gasteiger charge is 2.33. The number of hydrogen-bond donors (Lipinski definition) is 1. The van der Waals surface area contributed by atoms with Crippen molar-refractivity contribution in [3.63, 3.8) is 0 Å². The predicted molar refractivity (Wildman–Crippen MR) is 104 cm³/mol. The van der Waals surface area contributed by atoms with Crippen molar-refractivity contribution in [3.05, 3.63) is 71.4 Å². The maximum absolute atomic E-state index is 12.6. The number of halogens is 4. The molecule has 0 bridgehead atoms. The van der Waals surface area contributed by atoms with E-state index in [0.29, 0.717) is 11.3 Å². The smallest absolute Gasteiger partial charge is 0.459 e. The van der Waals surface area contributed by atoms with E-state index in [1.165, 1.54) is 18.4 Å². The van der Waals surface area contributed by atoms with E-state index < -0.39 is 18.0 Å². The van der Waals surface area contributed by atoms with Crippen LogP contribution in [0.2, 0.25) is 5.02 Å². The Morgan fingerprint density at radius 1 is 1.03 bits per heavy atom. The van der Waals surface area contributed by atoms with Gasteiger partial charge in [0.25, 0.3) is 11.8 Å². The minimum Gasteiger partial charge on any atom is -0.459 e. The first-order valence-corrected chi connectivity index (χ1v) is 9.01. The van der Waals surface area contributed by atoms with Gasteiger partial charge in [-0.2, -0.15) is 0 Å². The van der Waals surface area contributed by atoms with Crippen LogP contribution in [0, 0.1) is 0 Å². The van der Waals surface area contributed by atoms with Gasteiger partial charge in [-0.25, -0.2) is 0 Å². The highest BCUT2D eigenvalue weighted by molar-refractivity contribution is 6.31. The molecular formula is C20H11ClF3N3O4. The van der Waals surface area contributed by atoms with Gasteiger partial charge in [-0.15, -0.1) is 23.4 Å². The lowest BCUT2D eigenvalue weighted by Gasteiger charge is -2.13. The highest BCUT2D eigenvalue weighted by Crippen LogP contribution is 2.30. The van der Waals surface area contributed by atoms with E-state index >= 15 is 0 Å². The third kappa shape index (κ3) is 4.86. The Labute approximate surface area is 177 Å². The zero-order chi connectivity index (χ0) is 22.0. The van der Waals surface area contributed by atoms with Crippen molar-refractivity contribution >= 4 is 23.2 Å². The summed E-state index contributed by atoms with van der Waals surface area (Å²) in [6.07, 6.45) is -3.51. The molecule has 0 saturated carbocycles. The van der Waals surface area contributed by atoms with E-state index in [9.17, 15) is 18.0 Å². The maximum atomic E-state index is 12.6. The molecule has 31 heavy (non-hydrogen) atoms. The van der Waals surface area contributed by atoms with Crippen LogP contribution in [0.5, 0.6) is 5.75 Å². The first-order valence-electron chi connectivity index (χ1n) is 8.63. The first kappa shape index (κ1) is 20.5. The van der Waals surface area contributed by atoms with Crippen LogP contribution >= 0.6 is 11.6 Å². The second-order valence-electron chi connectivity index (χ2n) is 6.11. The van der Waals surface area contributed by atoms with E-state index in [1.807, 2.05) is 0 Å². The third-order valence-electron chi connectivity index (χ3n) is 3.94. The SMILES string of the molecule is O=C(Nc1cccc(-c2nnc(-c3ccco3)o2)c1)c1cc(Cl)ccc1OC(F)(F)F. The lowest BCUT2D eigenvalue weighted by molar-refractivity contribution is -0.274. The van der Waals surface area contributed by atoms with Gasteiger partial charge < -0.3 is 18.9 Å². The van der Waals surface area contributed by atoms with Crippen molar-refractivity contribution in [2.24, 2.45) is 0 Å². The maximum Gasteiger partial charge on any atom is 0.573 e. The van der Waals surface area contributed by atoms with Crippen LogP contribution in [0.1, 0.15) is 10.4 Å². The van der Waals surface area contributed by atoms with Crippen molar-refractivity contribution in [1.82, 2.24) is 10.2 Å². The summed E-state index contributed by atoms with van der Waals surface area (Å²) in [6, 6.07) is 12.9. The topological polar surface area (TPSA) is 90.4 Å². The van der Waals surface area contributed by atoms with Crippen molar-refractivity contribution in [2.75, 3.05) is 5.32 Å². The van der Waals surface area contributed by atoms with Gasteiger partial charge in [0.15, 0.2) is 5.76 Å². The molecule has 0 aliphatic heterocycles. The van der Waals surface area contributed by atoms with Crippen LogP contribution < -0.4 is 10.1 Å². The fourth-order valence-corrected chi connectivity index (χ4v) is 2.83. The summed E-state index contributed by atoms with van der Waals surface area (Å²) in [7, 11) is 0. The van der Waals surface area contributed by atoms with E-state index in [0.717, 1.165) is 12.1 Å². The lowest BCUT2D eigenvalue weighted by atomic mass is 10.1. The number of benzene rings is 2. The minimum atomic E-state index is -4.97. The van der Waals surface area contributed by atoms with Crippen molar-refractivity contribution in [2.45, 2.75) is 6.36 Å². The van der Waals surface area contributed by atoms with Crippen molar-refractivity contribution in [1.29, 1.82) is 0 Å². The van der Waals surface area contributed by atoms with Gasteiger partial charge in [-0.05, 0) is 48.5 Å². The number of carbonyl (C=O) groups excluding carboxylic acids is 1. The Kier molecular flexibility index (Phi) is 5.38. The number of rotatable bonds is 5. The normalized spacial score (nSPS) is 11.4. The molecule has 0 aliphatic carbocycles. The number of amides is 1. The van der Waals surface area contributed by atoms with Gasteiger partial charge in [-0.3, -0.25) is 4.79 Å². The average Bonchev–Trinajstić information content (AvgIpc) is 3.40. The lowest BCUT2D eigenvalue weighted by Crippen LogP contribution is -2.21. The quantitative estimate of drug-likeness (QED) is 0.414. The molecule has 2 aromatic carbocycles. The van der Waals surface area contributed by atoms with Crippen LogP contribution in [-0.4, -0.2) is 22.5 Å². The molecule has 158 valence electrons. The molecule has 11 heteroatoms. The van der Waals surface area contributed by atoms with Gasteiger partial charge in [0.2, 0.25) is 5.89 Å². The summed E-state index contributed by atoms with van der Waals surface area (Å²) < 4.78 is 52.6. The number of carbonyl (C=O) groups is 1. The summed E-state index contributed by atoms with van der Waals surface area (Å²) in [4.78, 5) is 12.6. The van der Waals surface area contributed by atoms with Crippen LogP contribution in [0.25, 0.3) is 23.1 Å². The summed E-state index contributed by atoms with van der Waals surface area (Å²) in [5, 5.41) is 10.4. The molecule has 2 aromatic heterocycles. The Bertz CT molecular complexity index is 1220. The molecule has 0 spiro atoms. The second-order valence-corrected chi connectivity index (χ2v) is 6.55. The van der Waals surface area contributed by atoms with Gasteiger partial charge >= 0.3 is 6.36 Å². The minimum absolute atomic E-state index is 0.0738. The van der Waals surface area contributed by atoms with Gasteiger partial charge in [0, 0.05) is 16.3 Å². The molecule has 0 aliphatic rings. The zero-order valence-corrected chi connectivity index (χ0v) is 16.1. The third-order valence-corrected chi connectivity index (χ3v) is 4.17.